The molecule has 0 aliphatic heterocycles. The van der Waals surface area contributed by atoms with Crippen LogP contribution in [0.3, 0.4) is 0 Å². The number of carbonyl (C=O) groups is 2. The van der Waals surface area contributed by atoms with Crippen molar-refractivity contribution in [2.75, 3.05) is 32.0 Å². The monoisotopic (exact) mass is 310 g/mol. The Morgan fingerprint density at radius 1 is 1.19 bits per heavy atom. The van der Waals surface area contributed by atoms with Crippen molar-refractivity contribution in [1.82, 2.24) is 10.6 Å². The van der Waals surface area contributed by atoms with Crippen LogP contribution in [0.25, 0.3) is 0 Å². The summed E-state index contributed by atoms with van der Waals surface area (Å²) >= 11 is 1.70. The van der Waals surface area contributed by atoms with Gasteiger partial charge in [0.25, 0.3) is 0 Å². The van der Waals surface area contributed by atoms with E-state index in [2.05, 4.69) is 10.6 Å². The van der Waals surface area contributed by atoms with E-state index in [0.29, 0.717) is 19.7 Å². The van der Waals surface area contributed by atoms with Crippen LogP contribution >= 0.6 is 11.8 Å². The van der Waals surface area contributed by atoms with E-state index in [0.717, 1.165) is 5.75 Å². The Balaban J connectivity index is 1.98. The molecule has 0 saturated carbocycles. The summed E-state index contributed by atoms with van der Waals surface area (Å²) in [6.07, 6.45) is 0.283. The van der Waals surface area contributed by atoms with Crippen LogP contribution in [0.15, 0.2) is 35.2 Å². The largest absolute Gasteiger partial charge is 0.466 e. The van der Waals surface area contributed by atoms with Gasteiger partial charge in [0, 0.05) is 23.7 Å². The molecule has 1 aromatic rings. The maximum atomic E-state index is 11.5. The fourth-order valence-corrected chi connectivity index (χ4v) is 2.35. The summed E-state index contributed by atoms with van der Waals surface area (Å²) < 4.78 is 4.79. The zero-order valence-electron chi connectivity index (χ0n) is 12.3. The summed E-state index contributed by atoms with van der Waals surface area (Å²) in [5.41, 5.74) is 0. The highest BCUT2D eigenvalue weighted by Crippen LogP contribution is 2.15. The summed E-state index contributed by atoms with van der Waals surface area (Å²) in [4.78, 5) is 23.8. The van der Waals surface area contributed by atoms with Gasteiger partial charge in [-0.15, -0.1) is 11.8 Å². The highest BCUT2D eigenvalue weighted by atomic mass is 32.2. The molecule has 2 N–H and O–H groups in total. The van der Waals surface area contributed by atoms with Crippen molar-refractivity contribution in [2.24, 2.45) is 0 Å². The molecule has 0 aliphatic carbocycles. The zero-order chi connectivity index (χ0) is 15.3. The number of thioether (sulfide) groups is 1. The third-order valence-electron chi connectivity index (χ3n) is 2.53. The molecule has 0 fully saturated rings. The highest BCUT2D eigenvalue weighted by molar-refractivity contribution is 7.99. The number of esters is 1. The molecule has 0 bridgehead atoms. The number of ether oxygens (including phenoxy) is 1. The molecule has 21 heavy (non-hydrogen) atoms. The molecule has 0 heterocycles. The van der Waals surface area contributed by atoms with E-state index in [1.165, 1.54) is 4.90 Å². The summed E-state index contributed by atoms with van der Waals surface area (Å²) in [5.74, 6) is 0.524. The molecule has 0 saturated heterocycles. The number of amides is 1. The summed E-state index contributed by atoms with van der Waals surface area (Å²) in [6.45, 7) is 3.45. The molecule has 1 amide bonds. The molecule has 1 rings (SSSR count). The van der Waals surface area contributed by atoms with Gasteiger partial charge in [-0.1, -0.05) is 18.2 Å². The Bertz CT molecular complexity index is 426. The fourth-order valence-electron chi connectivity index (χ4n) is 1.56. The van der Waals surface area contributed by atoms with Gasteiger partial charge in [0.2, 0.25) is 5.91 Å². The van der Waals surface area contributed by atoms with Crippen molar-refractivity contribution in [3.63, 3.8) is 0 Å². The van der Waals surface area contributed by atoms with E-state index >= 15 is 0 Å². The predicted octanol–water partition coefficient (Wildman–Crippen LogP) is 1.44. The van der Waals surface area contributed by atoms with Gasteiger partial charge in [0.15, 0.2) is 0 Å². The van der Waals surface area contributed by atoms with E-state index < -0.39 is 0 Å². The molecular formula is C15H22N2O3S. The summed E-state index contributed by atoms with van der Waals surface area (Å²) in [6, 6.07) is 10.1. The Labute approximate surface area is 129 Å². The van der Waals surface area contributed by atoms with Gasteiger partial charge < -0.3 is 15.4 Å². The number of hydrogen-bond acceptors (Lipinski definition) is 5. The number of hydrogen-bond donors (Lipinski definition) is 2. The fraction of sp³-hybridized carbons (Fsp3) is 0.467. The number of nitrogens with one attached hydrogen (secondary N) is 2. The molecule has 0 aliphatic rings. The lowest BCUT2D eigenvalue weighted by Gasteiger charge is -2.06. The van der Waals surface area contributed by atoms with Crippen LogP contribution in [0.5, 0.6) is 0 Å². The first-order chi connectivity index (χ1) is 10.2. The van der Waals surface area contributed by atoms with E-state index in [1.54, 1.807) is 18.7 Å². The van der Waals surface area contributed by atoms with Gasteiger partial charge in [-0.3, -0.25) is 9.59 Å². The van der Waals surface area contributed by atoms with Crippen LogP contribution in [-0.2, 0) is 14.3 Å². The van der Waals surface area contributed by atoms with Gasteiger partial charge in [0.05, 0.1) is 19.6 Å². The lowest BCUT2D eigenvalue weighted by atomic mass is 10.4. The molecule has 1 aromatic carbocycles. The zero-order valence-corrected chi connectivity index (χ0v) is 13.1. The molecular weight excluding hydrogens is 288 g/mol. The maximum Gasteiger partial charge on any atom is 0.307 e. The minimum Gasteiger partial charge on any atom is -0.466 e. The van der Waals surface area contributed by atoms with Crippen molar-refractivity contribution in [2.45, 2.75) is 18.2 Å². The smallest absolute Gasteiger partial charge is 0.307 e. The van der Waals surface area contributed by atoms with Crippen molar-refractivity contribution >= 4 is 23.6 Å². The topological polar surface area (TPSA) is 67.4 Å². The predicted molar refractivity (Wildman–Crippen MR) is 84.3 cm³/mol. The first-order valence-electron chi connectivity index (χ1n) is 7.03. The van der Waals surface area contributed by atoms with Gasteiger partial charge in [-0.2, -0.15) is 0 Å². The van der Waals surface area contributed by atoms with Crippen LogP contribution in [0.4, 0.5) is 0 Å². The standard InChI is InChI=1S/C15H22N2O3S/c1-2-20-15(19)8-9-16-12-14(18)17-10-11-21-13-6-4-3-5-7-13/h3-7,16H,2,8-12H2,1H3,(H,17,18). The Morgan fingerprint density at radius 3 is 2.67 bits per heavy atom. The second kappa shape index (κ2) is 11.2. The average Bonchev–Trinajstić information content (AvgIpc) is 2.49. The molecule has 6 heteroatoms. The first-order valence-corrected chi connectivity index (χ1v) is 8.02. The van der Waals surface area contributed by atoms with Gasteiger partial charge in [-0.05, 0) is 19.1 Å². The Kier molecular flexibility index (Phi) is 9.32. The third kappa shape index (κ3) is 9.10. The van der Waals surface area contributed by atoms with Crippen molar-refractivity contribution in [3.8, 4) is 0 Å². The summed E-state index contributed by atoms with van der Waals surface area (Å²) in [5, 5.41) is 5.74. The van der Waals surface area contributed by atoms with Gasteiger partial charge >= 0.3 is 5.97 Å². The normalized spacial score (nSPS) is 10.1. The molecule has 0 aromatic heterocycles. The molecule has 0 spiro atoms. The lowest BCUT2D eigenvalue weighted by Crippen LogP contribution is -2.35. The van der Waals surface area contributed by atoms with E-state index in [4.69, 9.17) is 4.74 Å². The Morgan fingerprint density at radius 2 is 1.95 bits per heavy atom. The molecule has 5 nitrogen and oxygen atoms in total. The second-order valence-electron chi connectivity index (χ2n) is 4.24. The lowest BCUT2D eigenvalue weighted by molar-refractivity contribution is -0.143. The van der Waals surface area contributed by atoms with Crippen LogP contribution in [0.2, 0.25) is 0 Å². The quantitative estimate of drug-likeness (QED) is 0.389. The minimum atomic E-state index is -0.246. The molecule has 0 atom stereocenters. The molecule has 0 unspecified atom stereocenters. The van der Waals surface area contributed by atoms with E-state index in [-0.39, 0.29) is 24.8 Å². The first kappa shape index (κ1) is 17.5. The van der Waals surface area contributed by atoms with Crippen LogP contribution in [-0.4, -0.2) is 43.9 Å². The maximum absolute atomic E-state index is 11.5. The van der Waals surface area contributed by atoms with Gasteiger partial charge in [-0.25, -0.2) is 0 Å². The average molecular weight is 310 g/mol. The molecule has 116 valence electrons. The van der Waals surface area contributed by atoms with E-state index in [1.807, 2.05) is 30.3 Å². The van der Waals surface area contributed by atoms with Crippen molar-refractivity contribution in [1.29, 1.82) is 0 Å². The Hall–Kier alpha value is -1.53. The van der Waals surface area contributed by atoms with Gasteiger partial charge in [0.1, 0.15) is 0 Å². The number of rotatable bonds is 10. The number of carbonyl (C=O) groups excluding carboxylic acids is 2. The van der Waals surface area contributed by atoms with Crippen LogP contribution in [0.1, 0.15) is 13.3 Å². The highest BCUT2D eigenvalue weighted by Gasteiger charge is 2.03. The molecule has 0 radical (unpaired) electrons. The SMILES string of the molecule is CCOC(=O)CCNCC(=O)NCCSc1ccccc1. The van der Waals surface area contributed by atoms with Crippen LogP contribution in [0, 0.1) is 0 Å². The van der Waals surface area contributed by atoms with Crippen molar-refractivity contribution < 1.29 is 14.3 Å². The summed E-state index contributed by atoms with van der Waals surface area (Å²) in [7, 11) is 0. The van der Waals surface area contributed by atoms with E-state index in [9.17, 15) is 9.59 Å². The minimum absolute atomic E-state index is 0.0625. The second-order valence-corrected chi connectivity index (χ2v) is 5.41. The number of benzene rings is 1. The van der Waals surface area contributed by atoms with Crippen LogP contribution < -0.4 is 10.6 Å². The third-order valence-corrected chi connectivity index (χ3v) is 3.55. The van der Waals surface area contributed by atoms with Crippen molar-refractivity contribution in [3.05, 3.63) is 30.3 Å².